The van der Waals surface area contributed by atoms with E-state index in [9.17, 15) is 4.39 Å². The van der Waals surface area contributed by atoms with Crippen LogP contribution in [0.3, 0.4) is 0 Å². The van der Waals surface area contributed by atoms with Crippen LogP contribution < -0.4 is 0 Å². The molecule has 0 saturated carbocycles. The third-order valence-corrected chi connectivity index (χ3v) is 4.64. The highest BCUT2D eigenvalue weighted by Gasteiger charge is 2.16. The third-order valence-electron chi connectivity index (χ3n) is 3.04. The Morgan fingerprint density at radius 2 is 2.42 bits per heavy atom. The van der Waals surface area contributed by atoms with Crippen LogP contribution in [0.4, 0.5) is 4.39 Å². The van der Waals surface area contributed by atoms with E-state index in [2.05, 4.69) is 4.98 Å². The van der Waals surface area contributed by atoms with Crippen molar-refractivity contribution in [1.82, 2.24) is 4.98 Å². The fraction of sp³-hybridized carbons (Fsp3) is 0.462. The molecule has 102 valence electrons. The predicted octanol–water partition coefficient (Wildman–Crippen LogP) is 4.13. The summed E-state index contributed by atoms with van der Waals surface area (Å²) in [5, 5.41) is 0.134. The molecule has 0 bridgehead atoms. The van der Waals surface area contributed by atoms with Crippen LogP contribution in [-0.2, 0) is 16.1 Å². The van der Waals surface area contributed by atoms with E-state index in [4.69, 9.17) is 21.1 Å². The lowest BCUT2D eigenvalue weighted by Gasteiger charge is -2.22. The van der Waals surface area contributed by atoms with Crippen molar-refractivity contribution in [2.45, 2.75) is 32.2 Å². The molecule has 19 heavy (non-hydrogen) atoms. The predicted molar refractivity (Wildman–Crippen MR) is 73.0 cm³/mol. The Hall–Kier alpha value is -0.750. The molecule has 3 heterocycles. The summed E-state index contributed by atoms with van der Waals surface area (Å²) in [4.78, 5) is 5.00. The Morgan fingerprint density at radius 1 is 1.53 bits per heavy atom. The molecule has 0 aromatic carbocycles. The van der Waals surface area contributed by atoms with Gasteiger partial charge >= 0.3 is 0 Å². The highest BCUT2D eigenvalue weighted by molar-refractivity contribution is 7.19. The summed E-state index contributed by atoms with van der Waals surface area (Å²) < 4.78 is 25.2. The highest BCUT2D eigenvalue weighted by Crippen LogP contribution is 2.32. The minimum atomic E-state index is -0.487. The molecule has 0 spiro atoms. The average Bonchev–Trinajstić information content (AvgIpc) is 2.86. The maximum absolute atomic E-state index is 13.3. The van der Waals surface area contributed by atoms with Crippen molar-refractivity contribution < 1.29 is 13.9 Å². The molecule has 0 radical (unpaired) electrons. The summed E-state index contributed by atoms with van der Waals surface area (Å²) in [5.41, 5.74) is 0.708. The molecule has 6 heteroatoms. The fourth-order valence-electron chi connectivity index (χ4n) is 2.06. The first kappa shape index (κ1) is 13.2. The summed E-state index contributed by atoms with van der Waals surface area (Å²) in [5.74, 6) is -0.487. The van der Waals surface area contributed by atoms with Crippen LogP contribution in [-0.4, -0.2) is 17.9 Å². The number of fused-ring (bicyclic) bond motifs is 1. The van der Waals surface area contributed by atoms with Crippen molar-refractivity contribution in [3.63, 3.8) is 0 Å². The van der Waals surface area contributed by atoms with Gasteiger partial charge in [0.1, 0.15) is 0 Å². The van der Waals surface area contributed by atoms with Gasteiger partial charge in [-0.25, -0.2) is 4.39 Å². The van der Waals surface area contributed by atoms with Gasteiger partial charge in [0.25, 0.3) is 0 Å². The van der Waals surface area contributed by atoms with Crippen LogP contribution in [0.5, 0.6) is 0 Å². The SMILES string of the molecule is Fc1cnc2cc(COC3CCCCO3)sc2c1Cl. The van der Waals surface area contributed by atoms with Crippen molar-refractivity contribution in [2.75, 3.05) is 6.61 Å². The molecular formula is C13H13ClFNO2S. The Labute approximate surface area is 119 Å². The molecule has 0 N–H and O–H groups in total. The van der Waals surface area contributed by atoms with Crippen molar-refractivity contribution >= 4 is 33.2 Å². The average molecular weight is 302 g/mol. The van der Waals surface area contributed by atoms with E-state index in [1.165, 1.54) is 11.3 Å². The molecule has 1 aliphatic rings. The Morgan fingerprint density at radius 3 is 3.21 bits per heavy atom. The van der Waals surface area contributed by atoms with Gasteiger partial charge in [-0.1, -0.05) is 11.6 Å². The standard InChI is InChI=1S/C13H13ClFNO2S/c14-12-9(15)6-16-10-5-8(19-13(10)12)7-18-11-3-1-2-4-17-11/h5-6,11H,1-4,7H2. The zero-order chi connectivity index (χ0) is 13.2. The normalized spacial score (nSPS) is 20.0. The second-order valence-corrected chi connectivity index (χ2v) is 5.97. The first-order valence-corrected chi connectivity index (χ1v) is 7.39. The molecule has 1 fully saturated rings. The summed E-state index contributed by atoms with van der Waals surface area (Å²) in [6, 6.07) is 1.88. The van der Waals surface area contributed by atoms with Crippen LogP contribution in [0.25, 0.3) is 10.2 Å². The maximum Gasteiger partial charge on any atom is 0.161 e. The molecule has 2 aromatic rings. The number of pyridine rings is 1. The van der Waals surface area contributed by atoms with Crippen LogP contribution in [0, 0.1) is 5.82 Å². The molecule has 2 aromatic heterocycles. The van der Waals surface area contributed by atoms with E-state index in [0.29, 0.717) is 16.8 Å². The Balaban J connectivity index is 1.72. The Bertz CT molecular complexity index is 583. The topological polar surface area (TPSA) is 31.4 Å². The molecular weight excluding hydrogens is 289 g/mol. The number of hydrogen-bond donors (Lipinski definition) is 0. The monoisotopic (exact) mass is 301 g/mol. The highest BCUT2D eigenvalue weighted by atomic mass is 35.5. The minimum Gasteiger partial charge on any atom is -0.353 e. The van der Waals surface area contributed by atoms with Crippen molar-refractivity contribution in [2.24, 2.45) is 0 Å². The van der Waals surface area contributed by atoms with Crippen molar-refractivity contribution in [3.05, 3.63) is 28.0 Å². The molecule has 3 nitrogen and oxygen atoms in total. The minimum absolute atomic E-state index is 0.126. The zero-order valence-electron chi connectivity index (χ0n) is 10.2. The molecule has 0 aliphatic carbocycles. The molecule has 1 saturated heterocycles. The molecule has 1 aliphatic heterocycles. The van der Waals surface area contributed by atoms with Gasteiger partial charge in [0.15, 0.2) is 12.1 Å². The lowest BCUT2D eigenvalue weighted by molar-refractivity contribution is -0.168. The number of aromatic nitrogens is 1. The van der Waals surface area contributed by atoms with Crippen molar-refractivity contribution in [3.8, 4) is 0 Å². The van der Waals surface area contributed by atoms with E-state index in [1.807, 2.05) is 6.07 Å². The van der Waals surface area contributed by atoms with Crippen LogP contribution in [0.1, 0.15) is 24.1 Å². The number of rotatable bonds is 3. The van der Waals surface area contributed by atoms with Gasteiger partial charge in [-0.2, -0.15) is 0 Å². The molecule has 0 amide bonds. The second-order valence-electron chi connectivity index (χ2n) is 4.45. The smallest absolute Gasteiger partial charge is 0.161 e. The van der Waals surface area contributed by atoms with Gasteiger partial charge in [-0.3, -0.25) is 4.98 Å². The lowest BCUT2D eigenvalue weighted by Crippen LogP contribution is -2.21. The summed E-state index contributed by atoms with van der Waals surface area (Å²) in [6.07, 6.45) is 4.18. The maximum atomic E-state index is 13.3. The van der Waals surface area contributed by atoms with Crippen LogP contribution in [0.15, 0.2) is 12.3 Å². The van der Waals surface area contributed by atoms with Gasteiger partial charge in [0, 0.05) is 11.5 Å². The first-order valence-electron chi connectivity index (χ1n) is 6.19. The van der Waals surface area contributed by atoms with E-state index in [-0.39, 0.29) is 11.3 Å². The largest absolute Gasteiger partial charge is 0.353 e. The number of thiophene rings is 1. The summed E-state index contributed by atoms with van der Waals surface area (Å²) in [6.45, 7) is 1.21. The number of ether oxygens (including phenoxy) is 2. The fourth-order valence-corrected chi connectivity index (χ4v) is 3.29. The van der Waals surface area contributed by atoms with Crippen LogP contribution in [0.2, 0.25) is 5.02 Å². The lowest BCUT2D eigenvalue weighted by atomic mass is 10.2. The summed E-state index contributed by atoms with van der Waals surface area (Å²) in [7, 11) is 0. The summed E-state index contributed by atoms with van der Waals surface area (Å²) >= 11 is 7.33. The van der Waals surface area contributed by atoms with Gasteiger partial charge in [0.2, 0.25) is 0 Å². The second kappa shape index (κ2) is 5.71. The quantitative estimate of drug-likeness (QED) is 0.854. The number of nitrogens with zero attached hydrogens (tertiary/aromatic N) is 1. The van der Waals surface area contributed by atoms with E-state index in [0.717, 1.165) is 36.9 Å². The van der Waals surface area contributed by atoms with Gasteiger partial charge in [-0.15, -0.1) is 11.3 Å². The molecule has 3 rings (SSSR count). The zero-order valence-corrected chi connectivity index (χ0v) is 11.8. The van der Waals surface area contributed by atoms with Gasteiger partial charge in [-0.05, 0) is 25.3 Å². The molecule has 1 unspecified atom stereocenters. The molecule has 1 atom stereocenters. The van der Waals surface area contributed by atoms with Gasteiger partial charge < -0.3 is 9.47 Å². The number of halogens is 2. The Kier molecular flexibility index (Phi) is 3.98. The van der Waals surface area contributed by atoms with Crippen LogP contribution >= 0.6 is 22.9 Å². The van der Waals surface area contributed by atoms with E-state index < -0.39 is 5.82 Å². The van der Waals surface area contributed by atoms with E-state index in [1.54, 1.807) is 0 Å². The number of hydrogen-bond acceptors (Lipinski definition) is 4. The van der Waals surface area contributed by atoms with E-state index >= 15 is 0 Å². The first-order chi connectivity index (χ1) is 9.24. The van der Waals surface area contributed by atoms with Crippen molar-refractivity contribution in [1.29, 1.82) is 0 Å². The van der Waals surface area contributed by atoms with Gasteiger partial charge in [0.05, 0.1) is 28.0 Å². The third kappa shape index (κ3) is 2.89.